The zero-order valence-electron chi connectivity index (χ0n) is 7.42. The van der Waals surface area contributed by atoms with Crippen molar-refractivity contribution in [3.8, 4) is 0 Å². The lowest BCUT2D eigenvalue weighted by Gasteiger charge is -2.14. The fourth-order valence-corrected chi connectivity index (χ4v) is 1.27. The molecule has 4 heteroatoms. The van der Waals surface area contributed by atoms with Crippen molar-refractivity contribution in [1.82, 2.24) is 10.4 Å². The van der Waals surface area contributed by atoms with Crippen LogP contribution in [0.15, 0.2) is 35.0 Å². The number of halogens is 1. The normalized spacial score (nSPS) is 12.5. The third kappa shape index (κ3) is 2.62. The van der Waals surface area contributed by atoms with Crippen LogP contribution in [0.4, 0.5) is 0 Å². The number of aromatic nitrogens is 1. The van der Waals surface area contributed by atoms with Crippen molar-refractivity contribution in [2.24, 2.45) is 5.84 Å². The van der Waals surface area contributed by atoms with E-state index in [9.17, 15) is 0 Å². The molecule has 0 amide bonds. The first-order valence-electron chi connectivity index (χ1n) is 3.88. The molecule has 0 aromatic carbocycles. The van der Waals surface area contributed by atoms with E-state index in [4.69, 9.17) is 5.84 Å². The topological polar surface area (TPSA) is 50.9 Å². The number of rotatable bonds is 3. The second kappa shape index (κ2) is 4.50. The Kier molecular flexibility index (Phi) is 3.59. The van der Waals surface area contributed by atoms with Gasteiger partial charge in [0.15, 0.2) is 0 Å². The molecule has 1 atom stereocenters. The van der Waals surface area contributed by atoms with Crippen LogP contribution in [0.25, 0.3) is 0 Å². The molecule has 0 saturated heterocycles. The molecule has 3 N–H and O–H groups in total. The largest absolute Gasteiger partial charge is 0.271 e. The summed E-state index contributed by atoms with van der Waals surface area (Å²) >= 11 is 3.32. The highest BCUT2D eigenvalue weighted by Crippen LogP contribution is 2.18. The van der Waals surface area contributed by atoms with Gasteiger partial charge < -0.3 is 0 Å². The minimum absolute atomic E-state index is 0.0758. The summed E-state index contributed by atoms with van der Waals surface area (Å²) in [6.45, 7) is 5.74. The summed E-state index contributed by atoms with van der Waals surface area (Å²) in [7, 11) is 0. The number of nitrogens with two attached hydrogens (primary N) is 1. The fourth-order valence-electron chi connectivity index (χ4n) is 1.04. The van der Waals surface area contributed by atoms with Crippen LogP contribution in [-0.2, 0) is 0 Å². The molecule has 0 aliphatic heterocycles. The Balaban J connectivity index is 2.92. The standard InChI is InChI=1S/C9H12BrN3/c1-6(2)9(13-11)8-4-3-7(10)5-12-8/h3-5,9,13H,1,11H2,2H3. The van der Waals surface area contributed by atoms with Gasteiger partial charge in [-0.3, -0.25) is 10.8 Å². The summed E-state index contributed by atoms with van der Waals surface area (Å²) in [5.74, 6) is 5.38. The van der Waals surface area contributed by atoms with Gasteiger partial charge in [-0.15, -0.1) is 0 Å². The summed E-state index contributed by atoms with van der Waals surface area (Å²) in [4.78, 5) is 4.22. The average molecular weight is 242 g/mol. The molecule has 70 valence electrons. The van der Waals surface area contributed by atoms with Crippen LogP contribution in [0.1, 0.15) is 18.7 Å². The molecule has 13 heavy (non-hydrogen) atoms. The second-order valence-electron chi connectivity index (χ2n) is 2.85. The molecule has 1 heterocycles. The molecule has 0 aliphatic carbocycles. The average Bonchev–Trinajstić information content (AvgIpc) is 2.09. The minimum atomic E-state index is -0.0758. The van der Waals surface area contributed by atoms with Gasteiger partial charge >= 0.3 is 0 Å². The summed E-state index contributed by atoms with van der Waals surface area (Å²) < 4.78 is 0.953. The first-order valence-corrected chi connectivity index (χ1v) is 4.67. The minimum Gasteiger partial charge on any atom is -0.271 e. The molecule has 1 rings (SSSR count). The Morgan fingerprint density at radius 2 is 2.38 bits per heavy atom. The number of hydrogen-bond donors (Lipinski definition) is 2. The lowest BCUT2D eigenvalue weighted by Crippen LogP contribution is -2.29. The van der Waals surface area contributed by atoms with Crippen LogP contribution >= 0.6 is 15.9 Å². The number of nitrogens with one attached hydrogen (secondary N) is 1. The highest BCUT2D eigenvalue weighted by atomic mass is 79.9. The number of hydrazine groups is 1. The number of hydrogen-bond acceptors (Lipinski definition) is 3. The summed E-state index contributed by atoms with van der Waals surface area (Å²) in [6, 6.07) is 3.76. The van der Waals surface area contributed by atoms with Gasteiger partial charge in [-0.25, -0.2) is 5.43 Å². The second-order valence-corrected chi connectivity index (χ2v) is 3.76. The zero-order valence-corrected chi connectivity index (χ0v) is 9.01. The van der Waals surface area contributed by atoms with E-state index in [1.54, 1.807) is 6.20 Å². The predicted octanol–water partition coefficient (Wildman–Crippen LogP) is 1.92. The highest BCUT2D eigenvalue weighted by Gasteiger charge is 2.10. The molecular weight excluding hydrogens is 230 g/mol. The molecule has 1 aromatic heterocycles. The highest BCUT2D eigenvalue weighted by molar-refractivity contribution is 9.10. The summed E-state index contributed by atoms with van der Waals surface area (Å²) in [6.07, 6.45) is 1.74. The van der Waals surface area contributed by atoms with Gasteiger partial charge in [0.1, 0.15) is 0 Å². The predicted molar refractivity (Wildman–Crippen MR) is 56.8 cm³/mol. The van der Waals surface area contributed by atoms with E-state index in [-0.39, 0.29) is 6.04 Å². The Hall–Kier alpha value is -0.710. The molecular formula is C9H12BrN3. The number of pyridine rings is 1. The van der Waals surface area contributed by atoms with Gasteiger partial charge in [0, 0.05) is 10.7 Å². The van der Waals surface area contributed by atoms with Crippen molar-refractivity contribution >= 4 is 15.9 Å². The summed E-state index contributed by atoms with van der Waals surface area (Å²) in [5.41, 5.74) is 4.48. The maximum atomic E-state index is 5.38. The van der Waals surface area contributed by atoms with Gasteiger partial charge in [-0.05, 0) is 35.0 Å². The monoisotopic (exact) mass is 241 g/mol. The number of nitrogens with zero attached hydrogens (tertiary/aromatic N) is 1. The van der Waals surface area contributed by atoms with Gasteiger partial charge in [0.2, 0.25) is 0 Å². The van der Waals surface area contributed by atoms with E-state index in [1.165, 1.54) is 0 Å². The maximum Gasteiger partial charge on any atom is 0.0836 e. The van der Waals surface area contributed by atoms with E-state index in [2.05, 4.69) is 32.9 Å². The zero-order chi connectivity index (χ0) is 9.84. The molecule has 0 aliphatic rings. The van der Waals surface area contributed by atoms with Crippen LogP contribution in [-0.4, -0.2) is 4.98 Å². The Morgan fingerprint density at radius 3 is 2.77 bits per heavy atom. The molecule has 0 spiro atoms. The van der Waals surface area contributed by atoms with Gasteiger partial charge in [-0.1, -0.05) is 12.2 Å². The van der Waals surface area contributed by atoms with Crippen molar-refractivity contribution < 1.29 is 0 Å². The smallest absolute Gasteiger partial charge is 0.0836 e. The molecule has 1 aromatic rings. The van der Waals surface area contributed by atoms with Crippen LogP contribution < -0.4 is 11.3 Å². The van der Waals surface area contributed by atoms with Crippen LogP contribution in [0.3, 0.4) is 0 Å². The first-order chi connectivity index (χ1) is 6.15. The van der Waals surface area contributed by atoms with Gasteiger partial charge in [0.25, 0.3) is 0 Å². The van der Waals surface area contributed by atoms with Crippen molar-refractivity contribution in [2.45, 2.75) is 13.0 Å². The molecule has 1 unspecified atom stereocenters. The van der Waals surface area contributed by atoms with Crippen molar-refractivity contribution in [3.05, 3.63) is 40.6 Å². The third-order valence-electron chi connectivity index (χ3n) is 1.71. The van der Waals surface area contributed by atoms with E-state index in [1.807, 2.05) is 19.1 Å². The Labute approximate surface area is 86.1 Å². The van der Waals surface area contributed by atoms with E-state index in [0.29, 0.717) is 0 Å². The van der Waals surface area contributed by atoms with E-state index < -0.39 is 0 Å². The lowest BCUT2D eigenvalue weighted by atomic mass is 10.1. The van der Waals surface area contributed by atoms with Gasteiger partial charge in [0.05, 0.1) is 11.7 Å². The molecule has 0 fully saturated rings. The molecule has 0 radical (unpaired) electrons. The SMILES string of the molecule is C=C(C)C(NN)c1ccc(Br)cn1. The van der Waals surface area contributed by atoms with Crippen molar-refractivity contribution in [1.29, 1.82) is 0 Å². The van der Waals surface area contributed by atoms with Crippen LogP contribution in [0.5, 0.6) is 0 Å². The Bertz CT molecular complexity index is 294. The van der Waals surface area contributed by atoms with Gasteiger partial charge in [-0.2, -0.15) is 0 Å². The van der Waals surface area contributed by atoms with E-state index in [0.717, 1.165) is 15.7 Å². The van der Waals surface area contributed by atoms with E-state index >= 15 is 0 Å². The quantitative estimate of drug-likeness (QED) is 0.483. The van der Waals surface area contributed by atoms with Crippen LogP contribution in [0, 0.1) is 0 Å². The molecule has 0 saturated carbocycles. The molecule has 3 nitrogen and oxygen atoms in total. The summed E-state index contributed by atoms with van der Waals surface area (Å²) in [5, 5.41) is 0. The maximum absolute atomic E-state index is 5.38. The fraction of sp³-hybridized carbons (Fsp3) is 0.222. The molecule has 0 bridgehead atoms. The lowest BCUT2D eigenvalue weighted by molar-refractivity contribution is 0.611. The van der Waals surface area contributed by atoms with Crippen LogP contribution in [0.2, 0.25) is 0 Å². The Morgan fingerprint density at radius 1 is 1.69 bits per heavy atom. The van der Waals surface area contributed by atoms with Crippen molar-refractivity contribution in [3.63, 3.8) is 0 Å². The third-order valence-corrected chi connectivity index (χ3v) is 2.17. The van der Waals surface area contributed by atoms with Crippen molar-refractivity contribution in [2.75, 3.05) is 0 Å². The first kappa shape index (κ1) is 10.4.